The third-order valence-corrected chi connectivity index (χ3v) is 11.9. The van der Waals surface area contributed by atoms with Crippen LogP contribution in [-0.2, 0) is 4.79 Å². The van der Waals surface area contributed by atoms with Crippen molar-refractivity contribution in [3.63, 3.8) is 0 Å². The van der Waals surface area contributed by atoms with Gasteiger partial charge in [-0.1, -0.05) is 53.2 Å². The van der Waals surface area contributed by atoms with Gasteiger partial charge in [0.1, 0.15) is 0 Å². The number of allylic oxidation sites excluding steroid dienone is 2. The van der Waals surface area contributed by atoms with Gasteiger partial charge in [-0.3, -0.25) is 0 Å². The van der Waals surface area contributed by atoms with Crippen LogP contribution >= 0.6 is 0 Å². The van der Waals surface area contributed by atoms with Crippen molar-refractivity contribution in [3.8, 4) is 0 Å². The molecule has 0 amide bonds. The van der Waals surface area contributed by atoms with Crippen LogP contribution in [0.15, 0.2) is 22.8 Å². The maximum absolute atomic E-state index is 11.7. The largest absolute Gasteiger partial charge is 0.478 e. The predicted molar refractivity (Wildman–Crippen MR) is 136 cm³/mol. The number of hydrogen-bond acceptors (Lipinski definition) is 3. The molecule has 4 heteroatoms. The van der Waals surface area contributed by atoms with E-state index in [1.165, 1.54) is 24.0 Å². The standard InChI is InChI=1S/C30H48O4/c1-18(9-8-10-19(2)26(33)34)20-11-16-30(7)25-21(12-15-29(20,30)6)28(5)14-13-24(32)27(3,4)23(28)17-22(25)31/h10,18,20,22-24,31-32H,8-9,11-17H2,1-7H3,(H,33,34)/b19-10+/t18-,20-,22-,23-,24-,28-,29-,30+/m1/s1. The molecule has 34 heavy (non-hydrogen) atoms. The van der Waals surface area contributed by atoms with Crippen LogP contribution in [-0.4, -0.2) is 33.5 Å². The molecule has 4 nitrogen and oxygen atoms in total. The number of carboxylic acid groups (broad SMARTS) is 1. The molecule has 4 aliphatic carbocycles. The van der Waals surface area contributed by atoms with Crippen molar-refractivity contribution >= 4 is 5.97 Å². The molecular formula is C30H48O4. The van der Waals surface area contributed by atoms with Crippen LogP contribution in [0.2, 0.25) is 0 Å². The number of fused-ring (bicyclic) bond motifs is 4. The maximum atomic E-state index is 11.7. The van der Waals surface area contributed by atoms with E-state index < -0.39 is 12.1 Å². The van der Waals surface area contributed by atoms with Crippen molar-refractivity contribution in [2.45, 2.75) is 118 Å². The summed E-state index contributed by atoms with van der Waals surface area (Å²) in [7, 11) is 0. The zero-order valence-electron chi connectivity index (χ0n) is 22.6. The monoisotopic (exact) mass is 472 g/mol. The molecule has 4 aliphatic rings. The molecule has 0 aromatic heterocycles. The summed E-state index contributed by atoms with van der Waals surface area (Å²) in [6.07, 6.45) is 10.2. The van der Waals surface area contributed by atoms with Crippen LogP contribution in [0.4, 0.5) is 0 Å². The Morgan fingerprint density at radius 1 is 1.09 bits per heavy atom. The second kappa shape index (κ2) is 8.47. The van der Waals surface area contributed by atoms with Gasteiger partial charge in [-0.05, 0) is 110 Å². The smallest absolute Gasteiger partial charge is 0.330 e. The fourth-order valence-electron chi connectivity index (χ4n) is 9.44. The number of aliphatic hydroxyl groups is 2. The van der Waals surface area contributed by atoms with Gasteiger partial charge in [0.2, 0.25) is 0 Å². The lowest BCUT2D eigenvalue weighted by molar-refractivity contribution is -0.132. The molecule has 2 fully saturated rings. The van der Waals surface area contributed by atoms with E-state index in [1.54, 1.807) is 6.92 Å². The first-order chi connectivity index (χ1) is 15.7. The van der Waals surface area contributed by atoms with Crippen LogP contribution in [0.1, 0.15) is 106 Å². The lowest BCUT2D eigenvalue weighted by Crippen LogP contribution is -2.57. The normalized spacial score (nSPS) is 44.8. The molecule has 0 saturated heterocycles. The van der Waals surface area contributed by atoms with E-state index in [0.29, 0.717) is 23.3 Å². The Hall–Kier alpha value is -1.13. The molecule has 0 aromatic carbocycles. The van der Waals surface area contributed by atoms with E-state index in [1.807, 2.05) is 6.08 Å². The second-order valence-corrected chi connectivity index (χ2v) is 13.6. The number of hydrogen-bond donors (Lipinski definition) is 3. The minimum atomic E-state index is -0.823. The van der Waals surface area contributed by atoms with Crippen molar-refractivity contribution < 1.29 is 20.1 Å². The van der Waals surface area contributed by atoms with E-state index in [2.05, 4.69) is 41.5 Å². The molecule has 192 valence electrons. The first kappa shape index (κ1) is 25.9. The van der Waals surface area contributed by atoms with E-state index in [-0.39, 0.29) is 27.8 Å². The molecule has 0 aromatic rings. The van der Waals surface area contributed by atoms with Gasteiger partial charge >= 0.3 is 5.97 Å². The highest BCUT2D eigenvalue weighted by molar-refractivity contribution is 5.85. The van der Waals surface area contributed by atoms with Crippen LogP contribution < -0.4 is 0 Å². The van der Waals surface area contributed by atoms with Crippen LogP contribution in [0.5, 0.6) is 0 Å². The van der Waals surface area contributed by atoms with Crippen molar-refractivity contribution in [1.82, 2.24) is 0 Å². The first-order valence-corrected chi connectivity index (χ1v) is 13.7. The summed E-state index contributed by atoms with van der Waals surface area (Å²) in [5, 5.41) is 31.7. The van der Waals surface area contributed by atoms with E-state index in [9.17, 15) is 15.0 Å². The molecule has 0 heterocycles. The number of aliphatic hydroxyl groups excluding tert-OH is 2. The topological polar surface area (TPSA) is 77.8 Å². The summed E-state index contributed by atoms with van der Waals surface area (Å²) in [6.45, 7) is 15.8. The van der Waals surface area contributed by atoms with Gasteiger partial charge < -0.3 is 15.3 Å². The summed E-state index contributed by atoms with van der Waals surface area (Å²) in [5.41, 5.74) is 3.40. The maximum Gasteiger partial charge on any atom is 0.330 e. The zero-order chi connectivity index (χ0) is 25.3. The van der Waals surface area contributed by atoms with Crippen molar-refractivity contribution in [3.05, 3.63) is 22.8 Å². The Bertz CT molecular complexity index is 899. The number of carbonyl (C=O) groups is 1. The SMILES string of the molecule is C/C(=C\CC[C@@H](C)[C@H]1CC[C@@]2(C)C3=C(CC[C@]12C)[C@@]1(C)CC[C@@H](O)C(C)(C)[C@H]1C[C@H]3O)C(=O)O. The first-order valence-electron chi connectivity index (χ1n) is 13.7. The van der Waals surface area contributed by atoms with Crippen LogP contribution in [0.25, 0.3) is 0 Å². The van der Waals surface area contributed by atoms with Gasteiger partial charge in [-0.25, -0.2) is 4.79 Å². The number of rotatable bonds is 5. The Balaban J connectivity index is 1.65. The van der Waals surface area contributed by atoms with Gasteiger partial charge in [0, 0.05) is 5.57 Å². The molecule has 0 aliphatic heterocycles. The minimum Gasteiger partial charge on any atom is -0.478 e. The Morgan fingerprint density at radius 2 is 1.76 bits per heavy atom. The van der Waals surface area contributed by atoms with Gasteiger partial charge in [-0.2, -0.15) is 0 Å². The van der Waals surface area contributed by atoms with Gasteiger partial charge in [0.15, 0.2) is 0 Å². The highest BCUT2D eigenvalue weighted by atomic mass is 16.4. The van der Waals surface area contributed by atoms with Crippen molar-refractivity contribution in [2.75, 3.05) is 0 Å². The van der Waals surface area contributed by atoms with Gasteiger partial charge in [-0.15, -0.1) is 0 Å². The van der Waals surface area contributed by atoms with E-state index >= 15 is 0 Å². The number of aliphatic carboxylic acids is 1. The quantitative estimate of drug-likeness (QED) is 0.315. The van der Waals surface area contributed by atoms with E-state index in [4.69, 9.17) is 5.11 Å². The van der Waals surface area contributed by atoms with Gasteiger partial charge in [0.25, 0.3) is 0 Å². The molecule has 4 rings (SSSR count). The third-order valence-electron chi connectivity index (χ3n) is 11.9. The molecule has 3 N–H and O–H groups in total. The molecule has 2 saturated carbocycles. The Morgan fingerprint density at radius 3 is 2.41 bits per heavy atom. The fraction of sp³-hybridized carbons (Fsp3) is 0.833. The molecule has 0 unspecified atom stereocenters. The summed E-state index contributed by atoms with van der Waals surface area (Å²) in [6, 6.07) is 0. The fourth-order valence-corrected chi connectivity index (χ4v) is 9.44. The highest BCUT2D eigenvalue weighted by Crippen LogP contribution is 2.72. The minimum absolute atomic E-state index is 0.0138. The zero-order valence-corrected chi connectivity index (χ0v) is 22.6. The average Bonchev–Trinajstić information content (AvgIpc) is 3.04. The molecule has 0 bridgehead atoms. The predicted octanol–water partition coefficient (Wildman–Crippen LogP) is 6.51. The van der Waals surface area contributed by atoms with Crippen LogP contribution in [0.3, 0.4) is 0 Å². The summed E-state index contributed by atoms with van der Waals surface area (Å²) in [5.74, 6) is 0.606. The molecule has 0 spiro atoms. The Kier molecular flexibility index (Phi) is 6.47. The lowest BCUT2D eigenvalue weighted by Gasteiger charge is -2.63. The molecule has 0 radical (unpaired) electrons. The van der Waals surface area contributed by atoms with Crippen molar-refractivity contribution in [2.24, 2.45) is 39.4 Å². The van der Waals surface area contributed by atoms with Crippen molar-refractivity contribution in [1.29, 1.82) is 0 Å². The average molecular weight is 473 g/mol. The second-order valence-electron chi connectivity index (χ2n) is 13.6. The molecule has 8 atom stereocenters. The number of carboxylic acids is 1. The van der Waals surface area contributed by atoms with E-state index in [0.717, 1.165) is 44.9 Å². The summed E-state index contributed by atoms with van der Waals surface area (Å²) >= 11 is 0. The van der Waals surface area contributed by atoms with Gasteiger partial charge in [0.05, 0.1) is 12.2 Å². The lowest BCUT2D eigenvalue weighted by atomic mass is 9.42. The third kappa shape index (κ3) is 3.57. The summed E-state index contributed by atoms with van der Waals surface area (Å²) < 4.78 is 0. The highest BCUT2D eigenvalue weighted by Gasteiger charge is 2.65. The summed E-state index contributed by atoms with van der Waals surface area (Å²) in [4.78, 5) is 11.2. The Labute approximate surface area is 206 Å². The van der Waals surface area contributed by atoms with Crippen LogP contribution in [0, 0.1) is 39.4 Å². The molecular weight excluding hydrogens is 424 g/mol.